The van der Waals surface area contributed by atoms with E-state index in [0.29, 0.717) is 11.6 Å². The van der Waals surface area contributed by atoms with Crippen LogP contribution in [-0.2, 0) is 12.2 Å². The Labute approximate surface area is 96.0 Å². The van der Waals surface area contributed by atoms with Crippen LogP contribution < -0.4 is 5.32 Å². The number of piperidine rings is 1. The van der Waals surface area contributed by atoms with E-state index in [4.69, 9.17) is 0 Å². The zero-order chi connectivity index (χ0) is 11.6. The zero-order valence-corrected chi connectivity index (χ0v) is 10.0. The van der Waals surface area contributed by atoms with E-state index in [0.717, 1.165) is 13.1 Å². The molecule has 0 amide bonds. The van der Waals surface area contributed by atoms with Crippen LogP contribution in [0.1, 0.15) is 38.7 Å². The summed E-state index contributed by atoms with van der Waals surface area (Å²) in [4.78, 5) is 0. The number of aromatic nitrogens is 2. The number of hydrogen-bond donors (Lipinski definition) is 1. The second kappa shape index (κ2) is 4.53. The van der Waals surface area contributed by atoms with Gasteiger partial charge in [-0.15, -0.1) is 0 Å². The Balaban J connectivity index is 1.97. The van der Waals surface area contributed by atoms with Gasteiger partial charge in [0.1, 0.15) is 5.67 Å². The molecule has 90 valence electrons. The minimum atomic E-state index is -1.29. The summed E-state index contributed by atoms with van der Waals surface area (Å²) >= 11 is 0. The first-order valence-electron chi connectivity index (χ1n) is 6.01. The van der Waals surface area contributed by atoms with Gasteiger partial charge in [-0.3, -0.25) is 4.68 Å². The summed E-state index contributed by atoms with van der Waals surface area (Å²) in [6.45, 7) is 5.06. The topological polar surface area (TPSA) is 29.9 Å². The van der Waals surface area contributed by atoms with Crippen molar-refractivity contribution in [2.45, 2.75) is 51.4 Å². The van der Waals surface area contributed by atoms with E-state index in [9.17, 15) is 4.39 Å². The summed E-state index contributed by atoms with van der Waals surface area (Å²) in [5, 5.41) is 7.67. The van der Waals surface area contributed by atoms with E-state index < -0.39 is 5.67 Å². The molecule has 4 heteroatoms. The van der Waals surface area contributed by atoms with Gasteiger partial charge in [-0.05, 0) is 33.2 Å². The minimum Gasteiger partial charge on any atom is -0.312 e. The highest BCUT2D eigenvalue weighted by molar-refractivity contribution is 5.12. The van der Waals surface area contributed by atoms with Crippen LogP contribution in [0.3, 0.4) is 0 Å². The normalized spacial score (nSPS) is 22.3. The fraction of sp³-hybridized carbons (Fsp3) is 0.750. The predicted octanol–water partition coefficient (Wildman–Crippen LogP) is 2.23. The van der Waals surface area contributed by atoms with Crippen LogP contribution in [-0.4, -0.2) is 22.4 Å². The van der Waals surface area contributed by atoms with Gasteiger partial charge < -0.3 is 5.32 Å². The van der Waals surface area contributed by atoms with Crippen LogP contribution in [0.2, 0.25) is 0 Å². The molecule has 0 aliphatic carbocycles. The van der Waals surface area contributed by atoms with Crippen LogP contribution in [0.4, 0.5) is 4.39 Å². The second-order valence-corrected chi connectivity index (χ2v) is 5.07. The Morgan fingerprint density at radius 1 is 1.56 bits per heavy atom. The van der Waals surface area contributed by atoms with E-state index >= 15 is 0 Å². The quantitative estimate of drug-likeness (QED) is 0.855. The van der Waals surface area contributed by atoms with Gasteiger partial charge in [-0.2, -0.15) is 5.10 Å². The van der Waals surface area contributed by atoms with E-state index in [2.05, 4.69) is 10.4 Å². The van der Waals surface area contributed by atoms with E-state index in [1.165, 1.54) is 19.3 Å². The Kier molecular flexibility index (Phi) is 3.28. The highest BCUT2D eigenvalue weighted by Crippen LogP contribution is 2.23. The molecule has 0 saturated carbocycles. The maximum absolute atomic E-state index is 13.6. The smallest absolute Gasteiger partial charge is 0.133 e. The Hall–Kier alpha value is -0.900. The molecular weight excluding hydrogens is 205 g/mol. The van der Waals surface area contributed by atoms with Crippen LogP contribution in [0.25, 0.3) is 0 Å². The number of rotatable bonds is 3. The van der Waals surface area contributed by atoms with Crippen molar-refractivity contribution in [2.24, 2.45) is 0 Å². The molecule has 1 unspecified atom stereocenters. The molecule has 1 aromatic rings. The average Bonchev–Trinajstić information content (AvgIpc) is 2.67. The first-order chi connectivity index (χ1) is 7.55. The lowest BCUT2D eigenvalue weighted by atomic mass is 10.0. The Morgan fingerprint density at radius 3 is 2.94 bits per heavy atom. The Bertz CT molecular complexity index is 334. The maximum atomic E-state index is 13.6. The van der Waals surface area contributed by atoms with Crippen molar-refractivity contribution in [3.05, 3.63) is 18.0 Å². The number of halogens is 1. The second-order valence-electron chi connectivity index (χ2n) is 5.07. The highest BCUT2D eigenvalue weighted by atomic mass is 19.1. The predicted molar refractivity (Wildman–Crippen MR) is 62.0 cm³/mol. The average molecular weight is 225 g/mol. The number of alkyl halides is 1. The fourth-order valence-electron chi connectivity index (χ4n) is 2.08. The van der Waals surface area contributed by atoms with Gasteiger partial charge in [0.15, 0.2) is 0 Å². The van der Waals surface area contributed by atoms with Crippen molar-refractivity contribution in [2.75, 3.05) is 6.54 Å². The SMILES string of the molecule is CC(C)(F)c1cnn(CC2CCCCN2)c1. The van der Waals surface area contributed by atoms with Crippen molar-refractivity contribution < 1.29 is 4.39 Å². The lowest BCUT2D eigenvalue weighted by Crippen LogP contribution is -2.37. The van der Waals surface area contributed by atoms with Crippen LogP contribution >= 0.6 is 0 Å². The summed E-state index contributed by atoms with van der Waals surface area (Å²) in [6.07, 6.45) is 7.17. The summed E-state index contributed by atoms with van der Waals surface area (Å²) < 4.78 is 15.5. The summed E-state index contributed by atoms with van der Waals surface area (Å²) in [7, 11) is 0. The molecule has 2 heterocycles. The molecule has 1 aromatic heterocycles. The third-order valence-corrected chi connectivity index (χ3v) is 3.14. The molecule has 1 aliphatic rings. The molecular formula is C12H20FN3. The molecule has 0 spiro atoms. The Morgan fingerprint density at radius 2 is 2.38 bits per heavy atom. The fourth-order valence-corrected chi connectivity index (χ4v) is 2.08. The first kappa shape index (κ1) is 11.6. The van der Waals surface area contributed by atoms with Crippen LogP contribution in [0.15, 0.2) is 12.4 Å². The van der Waals surface area contributed by atoms with Crippen LogP contribution in [0.5, 0.6) is 0 Å². The molecule has 1 aliphatic heterocycles. The van der Waals surface area contributed by atoms with Gasteiger partial charge in [0.05, 0.1) is 12.7 Å². The van der Waals surface area contributed by atoms with E-state index in [1.807, 2.05) is 10.9 Å². The van der Waals surface area contributed by atoms with Crippen molar-refractivity contribution in [1.82, 2.24) is 15.1 Å². The third kappa shape index (κ3) is 2.82. The largest absolute Gasteiger partial charge is 0.312 e. The molecule has 2 rings (SSSR count). The van der Waals surface area contributed by atoms with Gasteiger partial charge in [0.2, 0.25) is 0 Å². The number of nitrogens with one attached hydrogen (secondary N) is 1. The van der Waals surface area contributed by atoms with E-state index in [-0.39, 0.29) is 0 Å². The molecule has 0 bridgehead atoms. The molecule has 3 nitrogen and oxygen atoms in total. The standard InChI is InChI=1S/C12H20FN3/c1-12(2,13)10-7-15-16(8-10)9-11-5-3-4-6-14-11/h7-8,11,14H,3-6,9H2,1-2H3. The lowest BCUT2D eigenvalue weighted by molar-refractivity contribution is 0.221. The highest BCUT2D eigenvalue weighted by Gasteiger charge is 2.21. The number of hydrogen-bond acceptors (Lipinski definition) is 2. The van der Waals surface area contributed by atoms with Gasteiger partial charge in [0, 0.05) is 17.8 Å². The van der Waals surface area contributed by atoms with E-state index in [1.54, 1.807) is 20.0 Å². The first-order valence-corrected chi connectivity index (χ1v) is 6.01. The van der Waals surface area contributed by atoms with Gasteiger partial charge in [0.25, 0.3) is 0 Å². The minimum absolute atomic E-state index is 0.490. The van der Waals surface area contributed by atoms with Crippen molar-refractivity contribution in [3.63, 3.8) is 0 Å². The van der Waals surface area contributed by atoms with Crippen LogP contribution in [0, 0.1) is 0 Å². The lowest BCUT2D eigenvalue weighted by Gasteiger charge is -2.23. The monoisotopic (exact) mass is 225 g/mol. The maximum Gasteiger partial charge on any atom is 0.133 e. The molecule has 1 saturated heterocycles. The third-order valence-electron chi connectivity index (χ3n) is 3.14. The molecule has 0 aromatic carbocycles. The molecule has 1 N–H and O–H groups in total. The molecule has 1 fully saturated rings. The van der Waals surface area contributed by atoms with Crippen molar-refractivity contribution in [1.29, 1.82) is 0 Å². The number of nitrogens with zero attached hydrogens (tertiary/aromatic N) is 2. The summed E-state index contributed by atoms with van der Waals surface area (Å²) in [5.41, 5.74) is -0.638. The molecule has 16 heavy (non-hydrogen) atoms. The summed E-state index contributed by atoms with van der Waals surface area (Å²) in [5.74, 6) is 0. The zero-order valence-electron chi connectivity index (χ0n) is 10.0. The van der Waals surface area contributed by atoms with Crippen molar-refractivity contribution in [3.8, 4) is 0 Å². The molecule has 0 radical (unpaired) electrons. The van der Waals surface area contributed by atoms with Gasteiger partial charge in [-0.25, -0.2) is 4.39 Å². The summed E-state index contributed by atoms with van der Waals surface area (Å²) in [6, 6.07) is 0.490. The molecule has 1 atom stereocenters. The van der Waals surface area contributed by atoms with Gasteiger partial charge >= 0.3 is 0 Å². The van der Waals surface area contributed by atoms with Gasteiger partial charge in [-0.1, -0.05) is 6.42 Å². The van der Waals surface area contributed by atoms with Crippen molar-refractivity contribution >= 4 is 0 Å².